The van der Waals surface area contributed by atoms with Crippen LogP contribution in [0.2, 0.25) is 0 Å². The molecule has 0 bridgehead atoms. The molecule has 19 heavy (non-hydrogen) atoms. The number of nitrogens with one attached hydrogen (secondary N) is 1. The van der Waals surface area contributed by atoms with E-state index < -0.39 is 12.2 Å². The lowest BCUT2D eigenvalue weighted by molar-refractivity contribution is -0.157. The Hall–Kier alpha value is -0.950. The quantitative estimate of drug-likeness (QED) is 0.886. The smallest absolute Gasteiger partial charge is 0.407 e. The van der Waals surface area contributed by atoms with Crippen LogP contribution in [0.5, 0.6) is 11.5 Å². The minimum Gasteiger partial charge on any atom is -0.493 e. The maximum absolute atomic E-state index is 13.0. The van der Waals surface area contributed by atoms with Gasteiger partial charge in [0.15, 0.2) is 11.5 Å². The van der Waals surface area contributed by atoms with E-state index in [9.17, 15) is 13.2 Å². The van der Waals surface area contributed by atoms with Gasteiger partial charge in [0.2, 0.25) is 0 Å². The van der Waals surface area contributed by atoms with E-state index in [-0.39, 0.29) is 17.9 Å². The van der Waals surface area contributed by atoms with E-state index in [4.69, 9.17) is 9.47 Å². The number of alkyl halides is 3. The Morgan fingerprint density at radius 3 is 2.16 bits per heavy atom. The van der Waals surface area contributed by atoms with E-state index in [0.717, 1.165) is 0 Å². The Bertz CT molecular complexity index is 438. The lowest BCUT2D eigenvalue weighted by Gasteiger charge is -2.23. The van der Waals surface area contributed by atoms with E-state index in [1.807, 2.05) is 0 Å². The maximum atomic E-state index is 13.0. The highest BCUT2D eigenvalue weighted by Gasteiger charge is 2.41. The fourth-order valence-electron chi connectivity index (χ4n) is 1.70. The van der Waals surface area contributed by atoms with Gasteiger partial charge in [0.1, 0.15) is 6.04 Å². The zero-order valence-corrected chi connectivity index (χ0v) is 12.4. The zero-order valence-electron chi connectivity index (χ0n) is 10.8. The van der Waals surface area contributed by atoms with Crippen LogP contribution in [-0.4, -0.2) is 26.9 Å². The van der Waals surface area contributed by atoms with Crippen molar-refractivity contribution in [3.05, 3.63) is 22.2 Å². The molecule has 1 N–H and O–H groups in total. The van der Waals surface area contributed by atoms with Gasteiger partial charge >= 0.3 is 6.18 Å². The molecule has 0 radical (unpaired) electrons. The first kappa shape index (κ1) is 16.1. The van der Waals surface area contributed by atoms with Gasteiger partial charge in [-0.25, -0.2) is 0 Å². The SMILES string of the molecule is CCNC(c1cc(OC)c(OC)cc1Br)C(F)(F)F. The molecule has 0 spiro atoms. The summed E-state index contributed by atoms with van der Waals surface area (Å²) in [6.07, 6.45) is -4.39. The molecule has 0 saturated heterocycles. The summed E-state index contributed by atoms with van der Waals surface area (Å²) in [6.45, 7) is 1.82. The van der Waals surface area contributed by atoms with Crippen molar-refractivity contribution in [3.8, 4) is 11.5 Å². The summed E-state index contributed by atoms with van der Waals surface area (Å²) in [4.78, 5) is 0. The number of halogens is 4. The molecule has 7 heteroatoms. The van der Waals surface area contributed by atoms with Gasteiger partial charge in [0, 0.05) is 4.47 Å². The summed E-state index contributed by atoms with van der Waals surface area (Å²) >= 11 is 3.14. The summed E-state index contributed by atoms with van der Waals surface area (Å²) in [6, 6.07) is 1.03. The summed E-state index contributed by atoms with van der Waals surface area (Å²) in [7, 11) is 2.81. The van der Waals surface area contributed by atoms with E-state index >= 15 is 0 Å². The number of methoxy groups -OCH3 is 2. The molecule has 1 atom stereocenters. The number of benzene rings is 1. The van der Waals surface area contributed by atoms with Crippen LogP contribution in [0.3, 0.4) is 0 Å². The molecule has 0 fully saturated rings. The Labute approximate surface area is 118 Å². The van der Waals surface area contributed by atoms with Crippen LogP contribution in [-0.2, 0) is 0 Å². The first-order valence-electron chi connectivity index (χ1n) is 5.56. The van der Waals surface area contributed by atoms with Gasteiger partial charge in [0.25, 0.3) is 0 Å². The van der Waals surface area contributed by atoms with Crippen molar-refractivity contribution in [1.29, 1.82) is 0 Å². The largest absolute Gasteiger partial charge is 0.493 e. The second-order valence-electron chi connectivity index (χ2n) is 3.76. The van der Waals surface area contributed by atoms with Crippen LogP contribution in [0.1, 0.15) is 18.5 Å². The summed E-state index contributed by atoms with van der Waals surface area (Å²) in [5.74, 6) is 0.628. The minimum atomic E-state index is -4.39. The highest BCUT2D eigenvalue weighted by atomic mass is 79.9. The monoisotopic (exact) mass is 341 g/mol. The normalized spacial score (nSPS) is 13.2. The van der Waals surface area contributed by atoms with Gasteiger partial charge in [-0.15, -0.1) is 0 Å². The van der Waals surface area contributed by atoms with Crippen molar-refractivity contribution in [1.82, 2.24) is 5.32 Å². The molecule has 1 aromatic carbocycles. The fourth-order valence-corrected chi connectivity index (χ4v) is 2.25. The molecule has 3 nitrogen and oxygen atoms in total. The molecule has 1 aromatic rings. The predicted octanol–water partition coefficient (Wildman–Crippen LogP) is 3.68. The van der Waals surface area contributed by atoms with E-state index in [2.05, 4.69) is 21.2 Å². The standard InChI is InChI=1S/C12H15BrF3NO2/c1-4-17-11(12(14,15)16)7-5-9(18-2)10(19-3)6-8(7)13/h5-6,11,17H,4H2,1-3H3. The lowest BCUT2D eigenvalue weighted by atomic mass is 10.1. The third-order valence-electron chi connectivity index (χ3n) is 2.55. The molecule has 1 unspecified atom stereocenters. The third kappa shape index (κ3) is 3.76. The van der Waals surface area contributed by atoms with Crippen LogP contribution >= 0.6 is 15.9 Å². The molecule has 0 aliphatic rings. The molecule has 108 valence electrons. The van der Waals surface area contributed by atoms with E-state index in [0.29, 0.717) is 10.2 Å². The first-order valence-corrected chi connectivity index (χ1v) is 6.36. The van der Waals surface area contributed by atoms with Crippen molar-refractivity contribution in [2.45, 2.75) is 19.1 Å². The zero-order chi connectivity index (χ0) is 14.6. The first-order chi connectivity index (χ1) is 8.85. The summed E-state index contributed by atoms with van der Waals surface area (Å²) in [5.41, 5.74) is 0.0620. The average Bonchev–Trinajstić information content (AvgIpc) is 2.34. The van der Waals surface area contributed by atoms with Crippen molar-refractivity contribution in [2.24, 2.45) is 0 Å². The molecule has 0 aliphatic heterocycles. The number of hydrogen-bond acceptors (Lipinski definition) is 3. The van der Waals surface area contributed by atoms with Crippen LogP contribution in [0.4, 0.5) is 13.2 Å². The van der Waals surface area contributed by atoms with Gasteiger partial charge in [-0.05, 0) is 24.2 Å². The Kier molecular flexibility index (Phi) is 5.49. The number of rotatable bonds is 5. The predicted molar refractivity (Wildman–Crippen MR) is 69.7 cm³/mol. The van der Waals surface area contributed by atoms with Crippen molar-refractivity contribution in [2.75, 3.05) is 20.8 Å². The Morgan fingerprint density at radius 1 is 1.21 bits per heavy atom. The molecule has 0 aliphatic carbocycles. The van der Waals surface area contributed by atoms with Crippen LogP contribution in [0, 0.1) is 0 Å². The Balaban J connectivity index is 3.30. The summed E-state index contributed by atoms with van der Waals surface area (Å²) in [5, 5.41) is 2.42. The van der Waals surface area contributed by atoms with E-state index in [1.165, 1.54) is 26.4 Å². The molecule has 0 saturated carbocycles. The highest BCUT2D eigenvalue weighted by molar-refractivity contribution is 9.10. The van der Waals surface area contributed by atoms with Crippen LogP contribution in [0.25, 0.3) is 0 Å². The van der Waals surface area contributed by atoms with Crippen molar-refractivity contribution >= 4 is 15.9 Å². The van der Waals surface area contributed by atoms with Crippen LogP contribution < -0.4 is 14.8 Å². The van der Waals surface area contributed by atoms with E-state index in [1.54, 1.807) is 6.92 Å². The van der Waals surface area contributed by atoms with Gasteiger partial charge in [-0.2, -0.15) is 13.2 Å². The molecule has 0 heterocycles. The second kappa shape index (κ2) is 6.47. The molecule has 1 rings (SSSR count). The number of hydrogen-bond donors (Lipinski definition) is 1. The van der Waals surface area contributed by atoms with Gasteiger partial charge in [0.05, 0.1) is 14.2 Å². The Morgan fingerprint density at radius 2 is 1.74 bits per heavy atom. The van der Waals surface area contributed by atoms with Crippen LogP contribution in [0.15, 0.2) is 16.6 Å². The fraction of sp³-hybridized carbons (Fsp3) is 0.500. The maximum Gasteiger partial charge on any atom is 0.407 e. The average molecular weight is 342 g/mol. The molecule has 0 amide bonds. The van der Waals surface area contributed by atoms with Gasteiger partial charge in [-0.3, -0.25) is 0 Å². The van der Waals surface area contributed by atoms with Gasteiger partial charge in [-0.1, -0.05) is 22.9 Å². The second-order valence-corrected chi connectivity index (χ2v) is 4.62. The third-order valence-corrected chi connectivity index (χ3v) is 3.24. The van der Waals surface area contributed by atoms with Crippen molar-refractivity contribution < 1.29 is 22.6 Å². The molecule has 0 aromatic heterocycles. The summed E-state index contributed by atoms with van der Waals surface area (Å²) < 4.78 is 49.5. The molecular formula is C12H15BrF3NO2. The topological polar surface area (TPSA) is 30.5 Å². The lowest BCUT2D eigenvalue weighted by Crippen LogP contribution is -2.34. The number of ether oxygens (including phenoxy) is 2. The minimum absolute atomic E-state index is 0.0620. The highest BCUT2D eigenvalue weighted by Crippen LogP contribution is 2.41. The van der Waals surface area contributed by atoms with Gasteiger partial charge < -0.3 is 14.8 Å². The molecular weight excluding hydrogens is 327 g/mol. The van der Waals surface area contributed by atoms with Crippen molar-refractivity contribution in [3.63, 3.8) is 0 Å².